The Hall–Kier alpha value is -2.18. The molecule has 0 saturated carbocycles. The minimum atomic E-state index is -0.162. The normalized spacial score (nSPS) is 11.3. The predicted molar refractivity (Wildman–Crippen MR) is 88.1 cm³/mol. The fourth-order valence-corrected chi connectivity index (χ4v) is 3.02. The third-order valence-electron chi connectivity index (χ3n) is 3.08. The van der Waals surface area contributed by atoms with Crippen LogP contribution < -0.4 is 5.32 Å². The van der Waals surface area contributed by atoms with Crippen LogP contribution in [0, 0.1) is 0 Å². The van der Waals surface area contributed by atoms with Crippen LogP contribution in [0.3, 0.4) is 0 Å². The third kappa shape index (κ3) is 3.35. The quantitative estimate of drug-likeness (QED) is 0.731. The van der Waals surface area contributed by atoms with Crippen molar-refractivity contribution in [1.82, 2.24) is 19.7 Å². The van der Waals surface area contributed by atoms with E-state index in [1.807, 2.05) is 28.1 Å². The number of fused-ring (bicyclic) bond motifs is 1. The zero-order valence-corrected chi connectivity index (χ0v) is 13.1. The number of nitrogens with zero attached hydrogens (tertiary/aromatic N) is 3. The van der Waals surface area contributed by atoms with Gasteiger partial charge in [-0.1, -0.05) is 17.7 Å². The topological polar surface area (TPSA) is 59.3 Å². The van der Waals surface area contributed by atoms with Crippen molar-refractivity contribution in [3.05, 3.63) is 58.6 Å². The highest BCUT2D eigenvalue weighted by atomic mass is 35.5. The molecule has 0 unspecified atom stereocenters. The van der Waals surface area contributed by atoms with E-state index in [1.54, 1.807) is 18.5 Å². The lowest BCUT2D eigenvalue weighted by Crippen LogP contribution is -2.23. The van der Waals surface area contributed by atoms with Gasteiger partial charge in [0.05, 0.1) is 5.69 Å². The van der Waals surface area contributed by atoms with Crippen LogP contribution in [0.5, 0.6) is 0 Å². The van der Waals surface area contributed by atoms with E-state index in [-0.39, 0.29) is 5.91 Å². The molecule has 0 aromatic carbocycles. The smallest absolute Gasteiger partial charge is 0.244 e. The molecular weight excluding hydrogens is 320 g/mol. The molecule has 3 rings (SSSR count). The number of aromatic nitrogens is 3. The highest BCUT2D eigenvalue weighted by Crippen LogP contribution is 2.22. The monoisotopic (exact) mass is 332 g/mol. The van der Waals surface area contributed by atoms with Gasteiger partial charge in [-0.3, -0.25) is 14.2 Å². The van der Waals surface area contributed by atoms with E-state index in [0.717, 1.165) is 16.9 Å². The number of carbonyl (C=O) groups excluding carboxylic acids is 1. The SMILES string of the molecule is O=C(/C=C/c1c(Cl)nc2sccn12)NCCc1cccnc1. The summed E-state index contributed by atoms with van der Waals surface area (Å²) < 4.78 is 1.85. The van der Waals surface area contributed by atoms with Crippen LogP contribution in [0.1, 0.15) is 11.3 Å². The van der Waals surface area contributed by atoms with Gasteiger partial charge in [0.1, 0.15) is 0 Å². The van der Waals surface area contributed by atoms with E-state index in [2.05, 4.69) is 15.3 Å². The van der Waals surface area contributed by atoms with E-state index in [1.165, 1.54) is 17.4 Å². The second-order valence-electron chi connectivity index (χ2n) is 4.58. The number of rotatable bonds is 5. The first-order valence-corrected chi connectivity index (χ1v) is 7.95. The Kier molecular flexibility index (Phi) is 4.50. The van der Waals surface area contributed by atoms with Gasteiger partial charge in [0, 0.05) is 36.6 Å². The maximum atomic E-state index is 11.8. The van der Waals surface area contributed by atoms with Crippen molar-refractivity contribution in [2.75, 3.05) is 6.54 Å². The molecule has 22 heavy (non-hydrogen) atoms. The fraction of sp³-hybridized carbons (Fsp3) is 0.133. The minimum absolute atomic E-state index is 0.162. The summed E-state index contributed by atoms with van der Waals surface area (Å²) in [4.78, 5) is 20.9. The molecule has 0 radical (unpaired) electrons. The molecule has 7 heteroatoms. The van der Waals surface area contributed by atoms with Crippen molar-refractivity contribution in [2.24, 2.45) is 0 Å². The average Bonchev–Trinajstić information content (AvgIpc) is 3.07. The Balaban J connectivity index is 1.57. The van der Waals surface area contributed by atoms with Gasteiger partial charge in [0.15, 0.2) is 10.1 Å². The predicted octanol–water partition coefficient (Wildman–Crippen LogP) is 2.82. The van der Waals surface area contributed by atoms with E-state index in [4.69, 9.17) is 11.6 Å². The summed E-state index contributed by atoms with van der Waals surface area (Å²) in [7, 11) is 0. The van der Waals surface area contributed by atoms with Crippen LogP contribution in [-0.4, -0.2) is 26.8 Å². The molecule has 1 N–H and O–H groups in total. The Bertz CT molecular complexity index is 809. The number of hydrogen-bond acceptors (Lipinski definition) is 4. The molecule has 3 aromatic heterocycles. The van der Waals surface area contributed by atoms with Gasteiger partial charge in [-0.05, 0) is 24.1 Å². The number of pyridine rings is 1. The number of thiazole rings is 1. The molecule has 3 aromatic rings. The molecule has 3 heterocycles. The van der Waals surface area contributed by atoms with E-state index in [9.17, 15) is 4.79 Å². The lowest BCUT2D eigenvalue weighted by molar-refractivity contribution is -0.116. The summed E-state index contributed by atoms with van der Waals surface area (Å²) in [5, 5.41) is 5.15. The maximum Gasteiger partial charge on any atom is 0.244 e. The van der Waals surface area contributed by atoms with Gasteiger partial charge < -0.3 is 5.32 Å². The molecule has 0 atom stereocenters. The summed E-state index contributed by atoms with van der Waals surface area (Å²) in [6, 6.07) is 3.86. The summed E-state index contributed by atoms with van der Waals surface area (Å²) in [6.07, 6.45) is 9.28. The van der Waals surface area contributed by atoms with Crippen molar-refractivity contribution < 1.29 is 4.79 Å². The minimum Gasteiger partial charge on any atom is -0.352 e. The molecule has 5 nitrogen and oxygen atoms in total. The molecule has 0 spiro atoms. The van der Waals surface area contributed by atoms with Crippen molar-refractivity contribution in [2.45, 2.75) is 6.42 Å². The summed E-state index contributed by atoms with van der Waals surface area (Å²) in [6.45, 7) is 0.558. The molecule has 1 amide bonds. The Morgan fingerprint density at radius 1 is 1.50 bits per heavy atom. The van der Waals surface area contributed by atoms with Gasteiger partial charge in [-0.15, -0.1) is 11.3 Å². The van der Waals surface area contributed by atoms with Crippen LogP contribution in [0.25, 0.3) is 11.0 Å². The number of nitrogens with one attached hydrogen (secondary N) is 1. The summed E-state index contributed by atoms with van der Waals surface area (Å²) in [5.41, 5.74) is 1.80. The summed E-state index contributed by atoms with van der Waals surface area (Å²) in [5.74, 6) is -0.162. The lowest BCUT2D eigenvalue weighted by Gasteiger charge is -2.01. The number of halogens is 1. The lowest BCUT2D eigenvalue weighted by atomic mass is 10.2. The summed E-state index contributed by atoms with van der Waals surface area (Å²) >= 11 is 7.56. The van der Waals surface area contributed by atoms with Crippen molar-refractivity contribution in [3.8, 4) is 0 Å². The second kappa shape index (κ2) is 6.72. The van der Waals surface area contributed by atoms with Crippen molar-refractivity contribution >= 4 is 39.9 Å². The fourth-order valence-electron chi connectivity index (χ4n) is 2.02. The van der Waals surface area contributed by atoms with E-state index >= 15 is 0 Å². The van der Waals surface area contributed by atoms with Gasteiger partial charge in [0.2, 0.25) is 5.91 Å². The molecule has 0 bridgehead atoms. The van der Waals surface area contributed by atoms with Gasteiger partial charge in [0.25, 0.3) is 0 Å². The van der Waals surface area contributed by atoms with E-state index in [0.29, 0.717) is 17.4 Å². The van der Waals surface area contributed by atoms with Gasteiger partial charge in [-0.2, -0.15) is 0 Å². The highest BCUT2D eigenvalue weighted by Gasteiger charge is 2.08. The van der Waals surface area contributed by atoms with Crippen molar-refractivity contribution in [1.29, 1.82) is 0 Å². The first kappa shape index (κ1) is 14.7. The van der Waals surface area contributed by atoms with Gasteiger partial charge >= 0.3 is 0 Å². The molecule has 0 aliphatic carbocycles. The molecule has 0 saturated heterocycles. The standard InChI is InChI=1S/C15H13ClN4OS/c16-14-12(20-8-9-22-15(20)19-14)3-4-13(21)18-7-5-11-2-1-6-17-10-11/h1-4,6,8-10H,5,7H2,(H,18,21)/b4-3+. The Morgan fingerprint density at radius 3 is 3.23 bits per heavy atom. The molecule has 112 valence electrons. The number of carbonyl (C=O) groups is 1. The van der Waals surface area contributed by atoms with Crippen molar-refractivity contribution in [3.63, 3.8) is 0 Å². The number of amides is 1. The maximum absolute atomic E-state index is 11.8. The first-order valence-electron chi connectivity index (χ1n) is 6.70. The number of imidazole rings is 1. The Labute approximate surface area is 136 Å². The molecule has 0 aliphatic rings. The zero-order chi connectivity index (χ0) is 15.4. The second-order valence-corrected chi connectivity index (χ2v) is 5.81. The average molecular weight is 333 g/mol. The van der Waals surface area contributed by atoms with Gasteiger partial charge in [-0.25, -0.2) is 4.98 Å². The number of hydrogen-bond donors (Lipinski definition) is 1. The molecule has 0 aliphatic heterocycles. The van der Waals surface area contributed by atoms with Crippen LogP contribution in [0.15, 0.2) is 42.2 Å². The van der Waals surface area contributed by atoms with E-state index < -0.39 is 0 Å². The first-order chi connectivity index (χ1) is 10.7. The zero-order valence-electron chi connectivity index (χ0n) is 11.6. The Morgan fingerprint density at radius 2 is 2.41 bits per heavy atom. The van der Waals surface area contributed by atoms with Crippen LogP contribution in [0.2, 0.25) is 5.15 Å². The molecule has 0 fully saturated rings. The molecular formula is C15H13ClN4OS. The van der Waals surface area contributed by atoms with Crippen LogP contribution >= 0.6 is 22.9 Å². The van der Waals surface area contributed by atoms with Crippen LogP contribution in [0.4, 0.5) is 0 Å². The largest absolute Gasteiger partial charge is 0.352 e. The highest BCUT2D eigenvalue weighted by molar-refractivity contribution is 7.15. The van der Waals surface area contributed by atoms with Crippen LogP contribution in [-0.2, 0) is 11.2 Å². The third-order valence-corrected chi connectivity index (χ3v) is 4.12.